The van der Waals surface area contributed by atoms with Crippen molar-refractivity contribution in [3.05, 3.63) is 60.2 Å². The maximum atomic E-state index is 3.31. The van der Waals surface area contributed by atoms with Crippen LogP contribution in [0.1, 0.15) is 31.9 Å². The van der Waals surface area contributed by atoms with Crippen molar-refractivity contribution in [2.75, 3.05) is 30.1 Å². The minimum Gasteiger partial charge on any atom is -0.350 e. The van der Waals surface area contributed by atoms with E-state index in [2.05, 4.69) is 83.6 Å². The van der Waals surface area contributed by atoms with E-state index in [1.54, 1.807) is 0 Å². The molecule has 3 nitrogen and oxygen atoms in total. The lowest BCUT2D eigenvalue weighted by atomic mass is 10.0. The largest absolute Gasteiger partial charge is 0.350 e. The van der Waals surface area contributed by atoms with Gasteiger partial charge in [0.05, 0.1) is 24.1 Å². The summed E-state index contributed by atoms with van der Waals surface area (Å²) < 4.78 is 0. The third-order valence-electron chi connectivity index (χ3n) is 4.66. The Labute approximate surface area is 139 Å². The first kappa shape index (κ1) is 15.9. The molecule has 0 spiro atoms. The monoisotopic (exact) mass is 309 g/mol. The summed E-state index contributed by atoms with van der Waals surface area (Å²) in [4.78, 5) is 5.05. The Hall–Kier alpha value is -2.00. The normalized spacial score (nSPS) is 15.1. The average Bonchev–Trinajstić information content (AvgIpc) is 2.96. The van der Waals surface area contributed by atoms with Gasteiger partial charge < -0.3 is 15.1 Å². The van der Waals surface area contributed by atoms with Crippen LogP contribution in [0.4, 0.5) is 11.4 Å². The summed E-state index contributed by atoms with van der Waals surface area (Å²) in [6, 6.07) is 20.6. The van der Waals surface area contributed by atoms with Crippen LogP contribution in [0.15, 0.2) is 54.6 Å². The average molecular weight is 309 g/mol. The van der Waals surface area contributed by atoms with Crippen molar-refractivity contribution in [1.82, 2.24) is 5.32 Å². The van der Waals surface area contributed by atoms with Crippen LogP contribution in [0.3, 0.4) is 0 Å². The van der Waals surface area contributed by atoms with Crippen molar-refractivity contribution in [2.45, 2.75) is 32.4 Å². The number of hydrogen-bond donors (Lipinski definition) is 1. The molecule has 1 atom stereocenters. The summed E-state index contributed by atoms with van der Waals surface area (Å²) in [6.45, 7) is 6.51. The predicted molar refractivity (Wildman–Crippen MR) is 99.1 cm³/mol. The summed E-state index contributed by atoms with van der Waals surface area (Å²) in [5, 5.41) is 3.31. The van der Waals surface area contributed by atoms with E-state index in [0.717, 1.165) is 19.6 Å². The molecule has 0 radical (unpaired) electrons. The van der Waals surface area contributed by atoms with Gasteiger partial charge in [-0.1, -0.05) is 42.5 Å². The highest BCUT2D eigenvalue weighted by molar-refractivity contribution is 5.77. The lowest BCUT2D eigenvalue weighted by Gasteiger charge is -2.32. The Morgan fingerprint density at radius 2 is 1.52 bits per heavy atom. The van der Waals surface area contributed by atoms with Gasteiger partial charge in [0.2, 0.25) is 0 Å². The van der Waals surface area contributed by atoms with Crippen LogP contribution in [0, 0.1) is 0 Å². The number of fused-ring (bicyclic) bond motifs is 1. The second kappa shape index (κ2) is 7.05. The molecule has 3 rings (SSSR count). The van der Waals surface area contributed by atoms with Gasteiger partial charge in [-0.3, -0.25) is 0 Å². The van der Waals surface area contributed by atoms with Crippen LogP contribution >= 0.6 is 0 Å². The maximum Gasteiger partial charge on any atom is 0.0913 e. The Bertz CT molecular complexity index is 624. The van der Waals surface area contributed by atoms with Gasteiger partial charge in [0, 0.05) is 6.04 Å². The first-order chi connectivity index (χ1) is 11.2. The Morgan fingerprint density at radius 3 is 2.13 bits per heavy atom. The van der Waals surface area contributed by atoms with Gasteiger partial charge in [0.1, 0.15) is 0 Å². The molecule has 1 heterocycles. The Balaban J connectivity index is 1.97. The molecule has 23 heavy (non-hydrogen) atoms. The van der Waals surface area contributed by atoms with E-state index in [4.69, 9.17) is 0 Å². The fourth-order valence-corrected chi connectivity index (χ4v) is 3.43. The van der Waals surface area contributed by atoms with Crippen molar-refractivity contribution in [3.63, 3.8) is 0 Å². The first-order valence-corrected chi connectivity index (χ1v) is 8.54. The number of nitrogens with zero attached hydrogens (tertiary/aromatic N) is 2. The van der Waals surface area contributed by atoms with Gasteiger partial charge in [-0.2, -0.15) is 0 Å². The van der Waals surface area contributed by atoms with Gasteiger partial charge in [0.15, 0.2) is 0 Å². The highest BCUT2D eigenvalue weighted by Gasteiger charge is 2.32. The molecular formula is C20H27N3. The summed E-state index contributed by atoms with van der Waals surface area (Å²) in [5.41, 5.74) is 4.10. The first-order valence-electron chi connectivity index (χ1n) is 8.54. The van der Waals surface area contributed by atoms with Gasteiger partial charge in [-0.15, -0.1) is 0 Å². The van der Waals surface area contributed by atoms with E-state index in [1.165, 1.54) is 16.9 Å². The van der Waals surface area contributed by atoms with Crippen LogP contribution < -0.4 is 15.1 Å². The second-order valence-electron chi connectivity index (χ2n) is 6.48. The van der Waals surface area contributed by atoms with Crippen molar-refractivity contribution >= 4 is 11.4 Å². The molecule has 0 saturated carbocycles. The van der Waals surface area contributed by atoms with Gasteiger partial charge in [-0.25, -0.2) is 0 Å². The molecule has 0 aromatic heterocycles. The molecule has 3 heteroatoms. The molecule has 0 amide bonds. The SMILES string of the molecule is CNCC[C@@H](c1ccccc1)N1CN(C(C)C)c2ccccc21. The van der Waals surface area contributed by atoms with E-state index in [1.807, 2.05) is 7.05 Å². The third-order valence-corrected chi connectivity index (χ3v) is 4.66. The zero-order valence-corrected chi connectivity index (χ0v) is 14.4. The summed E-state index contributed by atoms with van der Waals surface area (Å²) >= 11 is 0. The van der Waals surface area contributed by atoms with Crippen LogP contribution in [-0.2, 0) is 0 Å². The lowest BCUT2D eigenvalue weighted by molar-refractivity contribution is 0.552. The van der Waals surface area contributed by atoms with Gasteiger partial charge in [-0.05, 0) is 51.6 Å². The Morgan fingerprint density at radius 1 is 0.913 bits per heavy atom. The van der Waals surface area contributed by atoms with Crippen molar-refractivity contribution in [3.8, 4) is 0 Å². The van der Waals surface area contributed by atoms with Gasteiger partial charge >= 0.3 is 0 Å². The summed E-state index contributed by atoms with van der Waals surface area (Å²) in [7, 11) is 2.03. The molecule has 1 aliphatic heterocycles. The molecule has 0 saturated heterocycles. The quantitative estimate of drug-likeness (QED) is 0.869. The van der Waals surface area contributed by atoms with Crippen LogP contribution in [0.25, 0.3) is 0 Å². The van der Waals surface area contributed by atoms with E-state index < -0.39 is 0 Å². The van der Waals surface area contributed by atoms with Crippen LogP contribution in [0.5, 0.6) is 0 Å². The van der Waals surface area contributed by atoms with Crippen molar-refractivity contribution in [2.24, 2.45) is 0 Å². The summed E-state index contributed by atoms with van der Waals surface area (Å²) in [5.74, 6) is 0. The molecule has 0 fully saturated rings. The smallest absolute Gasteiger partial charge is 0.0913 e. The maximum absolute atomic E-state index is 3.31. The van der Waals surface area contributed by atoms with Gasteiger partial charge in [0.25, 0.3) is 0 Å². The lowest BCUT2D eigenvalue weighted by Crippen LogP contribution is -2.38. The number of anilines is 2. The molecule has 1 N–H and O–H groups in total. The van der Waals surface area contributed by atoms with Crippen molar-refractivity contribution < 1.29 is 0 Å². The Kier molecular flexibility index (Phi) is 4.87. The van der Waals surface area contributed by atoms with Crippen molar-refractivity contribution in [1.29, 1.82) is 0 Å². The molecule has 0 unspecified atom stereocenters. The van der Waals surface area contributed by atoms with E-state index in [-0.39, 0.29) is 0 Å². The number of hydrogen-bond acceptors (Lipinski definition) is 3. The molecule has 0 aliphatic carbocycles. The summed E-state index contributed by atoms with van der Waals surface area (Å²) in [6.07, 6.45) is 1.10. The second-order valence-corrected chi connectivity index (χ2v) is 6.48. The number of rotatable bonds is 6. The van der Waals surface area contributed by atoms with E-state index in [0.29, 0.717) is 12.1 Å². The highest BCUT2D eigenvalue weighted by Crippen LogP contribution is 2.42. The zero-order chi connectivity index (χ0) is 16.2. The van der Waals surface area contributed by atoms with Crippen LogP contribution in [0.2, 0.25) is 0 Å². The molecule has 2 aromatic carbocycles. The molecule has 1 aliphatic rings. The minimum absolute atomic E-state index is 0.397. The molecular weight excluding hydrogens is 282 g/mol. The fraction of sp³-hybridized carbons (Fsp3) is 0.400. The molecule has 2 aromatic rings. The number of para-hydroxylation sites is 2. The minimum atomic E-state index is 0.397. The number of nitrogens with one attached hydrogen (secondary N) is 1. The zero-order valence-electron chi connectivity index (χ0n) is 14.4. The standard InChI is InChI=1S/C20H27N3/c1-16(2)22-15-23(20-12-8-7-11-19(20)22)18(13-14-21-3)17-9-5-4-6-10-17/h4-12,16,18,21H,13-15H2,1-3H3/t18-/m0/s1. The topological polar surface area (TPSA) is 18.5 Å². The molecule has 0 bridgehead atoms. The third kappa shape index (κ3) is 3.20. The predicted octanol–water partition coefficient (Wildman–Crippen LogP) is 4.03. The highest BCUT2D eigenvalue weighted by atomic mass is 15.4. The fourth-order valence-electron chi connectivity index (χ4n) is 3.43. The van der Waals surface area contributed by atoms with E-state index >= 15 is 0 Å². The van der Waals surface area contributed by atoms with E-state index in [9.17, 15) is 0 Å². The molecule has 122 valence electrons. The van der Waals surface area contributed by atoms with Crippen LogP contribution in [-0.4, -0.2) is 26.3 Å². The number of benzene rings is 2.